The van der Waals surface area contributed by atoms with Gasteiger partial charge in [0, 0.05) is 6.54 Å². The predicted octanol–water partition coefficient (Wildman–Crippen LogP) is -0.547. The minimum atomic E-state index is 0.537. The molecule has 0 aliphatic carbocycles. The molecule has 0 aliphatic rings. The van der Waals surface area contributed by atoms with Crippen LogP contribution in [0, 0.1) is 0 Å². The van der Waals surface area contributed by atoms with Gasteiger partial charge in [0.1, 0.15) is 0 Å². The third-order valence-corrected chi connectivity index (χ3v) is 2.00. The molecule has 15 heavy (non-hydrogen) atoms. The van der Waals surface area contributed by atoms with Crippen LogP contribution in [0.25, 0.3) is 0 Å². The number of hydrogen-bond donors (Lipinski definition) is 2. The minimum absolute atomic E-state index is 0.537. The van der Waals surface area contributed by atoms with Gasteiger partial charge in [-0.2, -0.15) is 5.21 Å². The second kappa shape index (κ2) is 6.31. The van der Waals surface area contributed by atoms with Gasteiger partial charge in [-0.3, -0.25) is 4.90 Å². The molecule has 1 aromatic heterocycles. The molecule has 0 spiro atoms. The van der Waals surface area contributed by atoms with Crippen molar-refractivity contribution in [3.8, 4) is 0 Å². The summed E-state index contributed by atoms with van der Waals surface area (Å²) in [6.07, 6.45) is 1.15. The Hall–Kier alpha value is -1.21. The zero-order valence-electron chi connectivity index (χ0n) is 9.56. The number of aromatic nitrogens is 4. The summed E-state index contributed by atoms with van der Waals surface area (Å²) in [6, 6.07) is 0. The number of hydrogen-bond acceptors (Lipinski definition) is 6. The molecule has 1 heterocycles. The molecule has 2 N–H and O–H groups in total. The maximum atomic E-state index is 3.80. The van der Waals surface area contributed by atoms with Gasteiger partial charge in [-0.1, -0.05) is 5.10 Å². The van der Waals surface area contributed by atoms with Gasteiger partial charge < -0.3 is 10.2 Å². The lowest BCUT2D eigenvalue weighted by atomic mass is 10.4. The van der Waals surface area contributed by atoms with Crippen LogP contribution in [0.15, 0.2) is 0 Å². The summed E-state index contributed by atoms with van der Waals surface area (Å²) in [7, 11) is 6.22. The van der Waals surface area contributed by atoms with Gasteiger partial charge in [0.2, 0.25) is 0 Å². The summed E-state index contributed by atoms with van der Waals surface area (Å²) in [5.74, 6) is 0.537. The smallest absolute Gasteiger partial charge is 0.264 e. The Morgan fingerprint density at radius 1 is 1.27 bits per heavy atom. The summed E-state index contributed by atoms with van der Waals surface area (Å²) in [5, 5.41) is 16.5. The molecule has 0 aliphatic heterocycles. The molecule has 0 bridgehead atoms. The molecule has 7 nitrogen and oxygen atoms in total. The highest BCUT2D eigenvalue weighted by atomic mass is 15.5. The van der Waals surface area contributed by atoms with Crippen LogP contribution in [-0.4, -0.2) is 71.3 Å². The van der Waals surface area contributed by atoms with Gasteiger partial charge in [0.15, 0.2) is 0 Å². The van der Waals surface area contributed by atoms with E-state index in [1.54, 1.807) is 0 Å². The zero-order valence-corrected chi connectivity index (χ0v) is 9.56. The number of aromatic amines is 1. The largest absolute Gasteiger partial charge is 0.339 e. The molecule has 86 valence electrons. The van der Waals surface area contributed by atoms with Crippen LogP contribution in [-0.2, 0) is 0 Å². The number of nitrogens with one attached hydrogen (secondary N) is 2. The SMILES string of the molecule is CN(C)CCCN(C)CNc1nn[nH]n1. The first-order valence-corrected chi connectivity index (χ1v) is 4.99. The highest BCUT2D eigenvalue weighted by Crippen LogP contribution is 1.92. The lowest BCUT2D eigenvalue weighted by Crippen LogP contribution is -2.28. The van der Waals surface area contributed by atoms with Crippen LogP contribution >= 0.6 is 0 Å². The first-order chi connectivity index (χ1) is 7.18. The zero-order chi connectivity index (χ0) is 11.1. The number of rotatable bonds is 7. The van der Waals surface area contributed by atoms with Crippen LogP contribution in [0.5, 0.6) is 0 Å². The van der Waals surface area contributed by atoms with Crippen molar-refractivity contribution < 1.29 is 0 Å². The first-order valence-electron chi connectivity index (χ1n) is 4.99. The van der Waals surface area contributed by atoms with Crippen molar-refractivity contribution in [3.63, 3.8) is 0 Å². The molecule has 0 saturated heterocycles. The summed E-state index contributed by atoms with van der Waals surface area (Å²) >= 11 is 0. The van der Waals surface area contributed by atoms with E-state index in [4.69, 9.17) is 0 Å². The molecule has 0 atom stereocenters. The summed E-state index contributed by atoms with van der Waals surface area (Å²) in [5.41, 5.74) is 0. The average Bonchev–Trinajstić information content (AvgIpc) is 2.66. The van der Waals surface area contributed by atoms with Gasteiger partial charge in [-0.25, -0.2) is 0 Å². The summed E-state index contributed by atoms with van der Waals surface area (Å²) in [6.45, 7) is 2.88. The molecule has 0 amide bonds. The topological polar surface area (TPSA) is 73.0 Å². The van der Waals surface area contributed by atoms with Gasteiger partial charge >= 0.3 is 0 Å². The van der Waals surface area contributed by atoms with E-state index in [2.05, 4.69) is 56.9 Å². The maximum Gasteiger partial charge on any atom is 0.264 e. The molecule has 0 saturated carbocycles. The maximum absolute atomic E-state index is 3.80. The predicted molar refractivity (Wildman–Crippen MR) is 58.5 cm³/mol. The molecule has 7 heteroatoms. The van der Waals surface area contributed by atoms with Crippen LogP contribution < -0.4 is 5.32 Å². The lowest BCUT2D eigenvalue weighted by Gasteiger charge is -2.17. The van der Waals surface area contributed by atoms with Gasteiger partial charge in [-0.05, 0) is 39.3 Å². The van der Waals surface area contributed by atoms with Gasteiger partial charge in [0.25, 0.3) is 5.95 Å². The summed E-state index contributed by atoms with van der Waals surface area (Å²) in [4.78, 5) is 4.36. The molecule has 1 aromatic rings. The van der Waals surface area contributed by atoms with Crippen molar-refractivity contribution >= 4 is 5.95 Å². The van der Waals surface area contributed by atoms with Crippen LogP contribution in [0.4, 0.5) is 5.95 Å². The third-order valence-electron chi connectivity index (χ3n) is 2.00. The van der Waals surface area contributed by atoms with Crippen molar-refractivity contribution in [2.45, 2.75) is 6.42 Å². The Morgan fingerprint density at radius 3 is 2.67 bits per heavy atom. The van der Waals surface area contributed by atoms with Crippen molar-refractivity contribution in [2.24, 2.45) is 0 Å². The second-order valence-corrected chi connectivity index (χ2v) is 3.81. The molecule has 0 unspecified atom stereocenters. The second-order valence-electron chi connectivity index (χ2n) is 3.81. The van der Waals surface area contributed by atoms with Crippen molar-refractivity contribution in [1.82, 2.24) is 30.4 Å². The Kier molecular flexibility index (Phi) is 4.99. The van der Waals surface area contributed by atoms with E-state index in [9.17, 15) is 0 Å². The molecule has 1 rings (SSSR count). The number of anilines is 1. The Labute approximate surface area is 89.8 Å². The minimum Gasteiger partial charge on any atom is -0.339 e. The van der Waals surface area contributed by atoms with Crippen molar-refractivity contribution in [2.75, 3.05) is 46.2 Å². The van der Waals surface area contributed by atoms with Crippen LogP contribution in [0.3, 0.4) is 0 Å². The number of H-pyrrole nitrogens is 1. The monoisotopic (exact) mass is 213 g/mol. The fourth-order valence-electron chi connectivity index (χ4n) is 1.18. The fraction of sp³-hybridized carbons (Fsp3) is 0.875. The van der Waals surface area contributed by atoms with Crippen molar-refractivity contribution in [1.29, 1.82) is 0 Å². The first kappa shape index (κ1) is 11.9. The standard InChI is InChI=1S/C8H19N7/c1-14(2)5-4-6-15(3)7-9-8-10-12-13-11-8/h4-7H2,1-3H3,(H2,9,10,11,12,13). The summed E-state index contributed by atoms with van der Waals surface area (Å²) < 4.78 is 0. The Bertz CT molecular complexity index is 246. The normalized spacial score (nSPS) is 11.3. The molecular formula is C8H19N7. The van der Waals surface area contributed by atoms with Gasteiger partial charge in [0.05, 0.1) is 6.67 Å². The van der Waals surface area contributed by atoms with Crippen LogP contribution in [0.2, 0.25) is 0 Å². The highest BCUT2D eigenvalue weighted by Gasteiger charge is 2.00. The van der Waals surface area contributed by atoms with E-state index in [1.165, 1.54) is 0 Å². The van der Waals surface area contributed by atoms with E-state index in [0.717, 1.165) is 26.2 Å². The average molecular weight is 213 g/mol. The molecule has 0 radical (unpaired) electrons. The Balaban J connectivity index is 2.06. The highest BCUT2D eigenvalue weighted by molar-refractivity contribution is 5.17. The van der Waals surface area contributed by atoms with E-state index >= 15 is 0 Å². The van der Waals surface area contributed by atoms with Crippen molar-refractivity contribution in [3.05, 3.63) is 0 Å². The lowest BCUT2D eigenvalue weighted by molar-refractivity contribution is 0.314. The number of nitrogens with zero attached hydrogens (tertiary/aromatic N) is 5. The van der Waals surface area contributed by atoms with E-state index in [-0.39, 0.29) is 0 Å². The molecule has 0 fully saturated rings. The van der Waals surface area contributed by atoms with Gasteiger partial charge in [-0.15, -0.1) is 5.10 Å². The molecule has 0 aromatic carbocycles. The van der Waals surface area contributed by atoms with E-state index < -0.39 is 0 Å². The van der Waals surface area contributed by atoms with E-state index in [0.29, 0.717) is 5.95 Å². The Morgan fingerprint density at radius 2 is 2.07 bits per heavy atom. The van der Waals surface area contributed by atoms with E-state index in [1.807, 2.05) is 0 Å². The quantitative estimate of drug-likeness (QED) is 0.592. The fourth-order valence-corrected chi connectivity index (χ4v) is 1.18. The third kappa shape index (κ3) is 5.28. The van der Waals surface area contributed by atoms with Crippen LogP contribution in [0.1, 0.15) is 6.42 Å². The number of tetrazole rings is 1. The molecular weight excluding hydrogens is 194 g/mol.